The standard InChI is InChI=1S/C19H21N3OS2/c1-21(2)11-12-22(18(23)14-7-5-4-6-8-14)19-20-16-10-9-15(24-3)13-17(16)25-19/h4-10,13H,11-12H2,1-3H3/p+1. The van der Waals surface area contributed by atoms with Crippen LogP contribution in [-0.4, -0.2) is 44.3 Å². The summed E-state index contributed by atoms with van der Waals surface area (Å²) in [6.07, 6.45) is 2.06. The fourth-order valence-electron chi connectivity index (χ4n) is 2.49. The number of aromatic nitrogens is 1. The van der Waals surface area contributed by atoms with Gasteiger partial charge in [0.1, 0.15) is 0 Å². The zero-order chi connectivity index (χ0) is 17.8. The fraction of sp³-hybridized carbons (Fsp3) is 0.263. The number of hydrogen-bond acceptors (Lipinski definition) is 4. The van der Waals surface area contributed by atoms with Gasteiger partial charge in [0.15, 0.2) is 5.13 Å². The molecule has 0 aliphatic carbocycles. The minimum Gasteiger partial charge on any atom is -0.338 e. The van der Waals surface area contributed by atoms with Crippen molar-refractivity contribution in [3.8, 4) is 0 Å². The van der Waals surface area contributed by atoms with Gasteiger partial charge >= 0.3 is 0 Å². The van der Waals surface area contributed by atoms with E-state index in [1.54, 1.807) is 23.1 Å². The Hall–Kier alpha value is -1.89. The van der Waals surface area contributed by atoms with Crippen molar-refractivity contribution in [2.75, 3.05) is 38.3 Å². The van der Waals surface area contributed by atoms with E-state index in [0.29, 0.717) is 12.1 Å². The summed E-state index contributed by atoms with van der Waals surface area (Å²) >= 11 is 3.29. The summed E-state index contributed by atoms with van der Waals surface area (Å²) < 4.78 is 1.12. The number of thiazole rings is 1. The highest BCUT2D eigenvalue weighted by Gasteiger charge is 2.22. The smallest absolute Gasteiger partial charge is 0.260 e. The molecule has 3 aromatic rings. The number of nitrogens with one attached hydrogen (secondary N) is 1. The average Bonchev–Trinajstić information content (AvgIpc) is 3.04. The van der Waals surface area contributed by atoms with Crippen molar-refractivity contribution < 1.29 is 9.69 Å². The molecule has 1 N–H and O–H groups in total. The van der Waals surface area contributed by atoms with Crippen LogP contribution >= 0.6 is 23.1 Å². The van der Waals surface area contributed by atoms with E-state index in [4.69, 9.17) is 4.98 Å². The van der Waals surface area contributed by atoms with Gasteiger partial charge in [0.05, 0.1) is 37.4 Å². The van der Waals surface area contributed by atoms with Crippen LogP contribution in [0.3, 0.4) is 0 Å². The van der Waals surface area contributed by atoms with Gasteiger partial charge in [0, 0.05) is 10.5 Å². The van der Waals surface area contributed by atoms with Gasteiger partial charge in [-0.25, -0.2) is 4.98 Å². The molecule has 0 aliphatic rings. The molecule has 3 rings (SSSR count). The lowest BCUT2D eigenvalue weighted by Crippen LogP contribution is -3.06. The number of carbonyl (C=O) groups is 1. The van der Waals surface area contributed by atoms with E-state index in [1.807, 2.05) is 41.3 Å². The Morgan fingerprint density at radius 2 is 1.96 bits per heavy atom. The maximum atomic E-state index is 13.0. The summed E-state index contributed by atoms with van der Waals surface area (Å²) in [7, 11) is 4.18. The van der Waals surface area contributed by atoms with Crippen LogP contribution in [0.5, 0.6) is 0 Å². The Bertz CT molecular complexity index is 861. The summed E-state index contributed by atoms with van der Waals surface area (Å²) in [5, 5.41) is 0.767. The molecule has 0 fully saturated rings. The van der Waals surface area contributed by atoms with Gasteiger partial charge in [-0.1, -0.05) is 29.5 Å². The largest absolute Gasteiger partial charge is 0.338 e. The van der Waals surface area contributed by atoms with E-state index < -0.39 is 0 Å². The first-order chi connectivity index (χ1) is 12.1. The van der Waals surface area contributed by atoms with Crippen LogP contribution < -0.4 is 9.80 Å². The van der Waals surface area contributed by atoms with Crippen LogP contribution in [0, 0.1) is 0 Å². The molecular formula is C19H22N3OS2+. The molecule has 0 saturated heterocycles. The summed E-state index contributed by atoms with van der Waals surface area (Å²) in [5.41, 5.74) is 1.64. The van der Waals surface area contributed by atoms with Gasteiger partial charge in [-0.15, -0.1) is 11.8 Å². The third-order valence-corrected chi connectivity index (χ3v) is 5.68. The van der Waals surface area contributed by atoms with Crippen LogP contribution in [0.2, 0.25) is 0 Å². The third kappa shape index (κ3) is 4.21. The Labute approximate surface area is 156 Å². The molecule has 0 atom stereocenters. The number of carbonyl (C=O) groups excluding carboxylic acids is 1. The normalized spacial score (nSPS) is 11.2. The second-order valence-corrected chi connectivity index (χ2v) is 8.00. The summed E-state index contributed by atoms with van der Waals surface area (Å²) in [4.78, 5) is 22.1. The molecule has 0 radical (unpaired) electrons. The molecule has 1 amide bonds. The van der Waals surface area contributed by atoms with E-state index in [-0.39, 0.29) is 5.91 Å². The lowest BCUT2D eigenvalue weighted by molar-refractivity contribution is -0.856. The zero-order valence-corrected chi connectivity index (χ0v) is 16.3. The summed E-state index contributed by atoms with van der Waals surface area (Å²) in [6, 6.07) is 15.7. The number of quaternary nitrogens is 1. The average molecular weight is 373 g/mol. The number of likely N-dealkylation sites (N-methyl/N-ethyl adjacent to an activating group) is 1. The highest BCUT2D eigenvalue weighted by Crippen LogP contribution is 2.32. The van der Waals surface area contributed by atoms with Crippen LogP contribution in [-0.2, 0) is 0 Å². The van der Waals surface area contributed by atoms with E-state index in [9.17, 15) is 4.79 Å². The second-order valence-electron chi connectivity index (χ2n) is 6.11. The summed E-state index contributed by atoms with van der Waals surface area (Å²) in [6.45, 7) is 1.51. The lowest BCUT2D eigenvalue weighted by Gasteiger charge is -2.20. The number of amides is 1. The predicted molar refractivity (Wildman–Crippen MR) is 107 cm³/mol. The van der Waals surface area contributed by atoms with Crippen molar-refractivity contribution in [1.29, 1.82) is 0 Å². The van der Waals surface area contributed by atoms with E-state index >= 15 is 0 Å². The number of rotatable bonds is 6. The number of hydrogen-bond donors (Lipinski definition) is 1. The highest BCUT2D eigenvalue weighted by molar-refractivity contribution is 7.98. The number of fused-ring (bicyclic) bond motifs is 1. The van der Waals surface area contributed by atoms with Crippen LogP contribution in [0.4, 0.5) is 5.13 Å². The fourth-order valence-corrected chi connectivity index (χ4v) is 4.03. The molecule has 0 spiro atoms. The zero-order valence-electron chi connectivity index (χ0n) is 14.7. The van der Waals surface area contributed by atoms with Crippen molar-refractivity contribution in [1.82, 2.24) is 4.98 Å². The molecule has 2 aromatic carbocycles. The van der Waals surface area contributed by atoms with Gasteiger partial charge in [-0.3, -0.25) is 9.69 Å². The Morgan fingerprint density at radius 1 is 1.20 bits per heavy atom. The molecule has 0 unspecified atom stereocenters. The van der Waals surface area contributed by atoms with Crippen molar-refractivity contribution >= 4 is 44.4 Å². The molecule has 25 heavy (non-hydrogen) atoms. The lowest BCUT2D eigenvalue weighted by atomic mass is 10.2. The van der Waals surface area contributed by atoms with Crippen molar-refractivity contribution in [3.05, 3.63) is 54.1 Å². The Morgan fingerprint density at radius 3 is 2.64 bits per heavy atom. The number of benzene rings is 2. The van der Waals surface area contributed by atoms with E-state index in [0.717, 1.165) is 21.9 Å². The molecule has 4 nitrogen and oxygen atoms in total. The van der Waals surface area contributed by atoms with Gasteiger partial charge in [-0.2, -0.15) is 0 Å². The minimum atomic E-state index is 0.00555. The van der Waals surface area contributed by atoms with Crippen LogP contribution in [0.1, 0.15) is 10.4 Å². The van der Waals surface area contributed by atoms with Gasteiger partial charge in [0.25, 0.3) is 5.91 Å². The number of thioether (sulfide) groups is 1. The number of nitrogens with zero attached hydrogens (tertiary/aromatic N) is 2. The SMILES string of the molecule is CSc1ccc2nc(N(CC[NH+](C)C)C(=O)c3ccccc3)sc2c1. The van der Waals surface area contributed by atoms with Gasteiger partial charge in [0.2, 0.25) is 0 Å². The Balaban J connectivity index is 1.97. The first kappa shape index (κ1) is 17.9. The van der Waals surface area contributed by atoms with Crippen molar-refractivity contribution in [2.24, 2.45) is 0 Å². The van der Waals surface area contributed by atoms with Gasteiger partial charge in [-0.05, 0) is 36.6 Å². The van der Waals surface area contributed by atoms with E-state index in [2.05, 4.69) is 32.5 Å². The minimum absolute atomic E-state index is 0.00555. The molecule has 0 aliphatic heterocycles. The predicted octanol–water partition coefficient (Wildman–Crippen LogP) is 2.81. The molecule has 0 bridgehead atoms. The second kappa shape index (κ2) is 7.99. The maximum Gasteiger partial charge on any atom is 0.260 e. The van der Waals surface area contributed by atoms with Crippen LogP contribution in [0.15, 0.2) is 53.4 Å². The quantitative estimate of drug-likeness (QED) is 0.676. The molecular weight excluding hydrogens is 350 g/mol. The van der Waals surface area contributed by atoms with Gasteiger partial charge < -0.3 is 4.90 Å². The summed E-state index contributed by atoms with van der Waals surface area (Å²) in [5.74, 6) is 0.00555. The molecule has 1 aromatic heterocycles. The third-order valence-electron chi connectivity index (χ3n) is 3.92. The maximum absolute atomic E-state index is 13.0. The highest BCUT2D eigenvalue weighted by atomic mass is 32.2. The number of anilines is 1. The van der Waals surface area contributed by atoms with Crippen molar-refractivity contribution in [2.45, 2.75) is 4.90 Å². The molecule has 0 saturated carbocycles. The molecule has 6 heteroatoms. The topological polar surface area (TPSA) is 37.6 Å². The molecule has 1 heterocycles. The Kier molecular flexibility index (Phi) is 5.73. The monoisotopic (exact) mass is 372 g/mol. The first-order valence-corrected chi connectivity index (χ1v) is 10.2. The molecule has 130 valence electrons. The first-order valence-electron chi connectivity index (χ1n) is 8.19. The van der Waals surface area contributed by atoms with Crippen LogP contribution in [0.25, 0.3) is 10.2 Å². The van der Waals surface area contributed by atoms with E-state index in [1.165, 1.54) is 9.80 Å². The van der Waals surface area contributed by atoms with Crippen molar-refractivity contribution in [3.63, 3.8) is 0 Å².